The molecule has 2 amide bonds. The highest BCUT2D eigenvalue weighted by atomic mass is 35.5. The standard InChI is InChI=1S/C31H37ClN4O8S/c1-20-8-14-25(17-26(20)36(39)40)45(41,42)35(27-16-23(32)11-15-28(27)44-7)19-29(37)34(21(2)30(38)33-31(3,4)5)18-22-9-12-24(43-6)13-10-22/h8-17,21H,18-19H2,1-7H3,(H,33,38)/t21-/m1/s1. The molecule has 3 aromatic carbocycles. The molecule has 0 radical (unpaired) electrons. The Hall–Kier alpha value is -4.36. The van der Waals surface area contributed by atoms with Crippen molar-refractivity contribution in [1.82, 2.24) is 10.2 Å². The second-order valence-corrected chi connectivity index (χ2v) is 13.6. The lowest BCUT2D eigenvalue weighted by Gasteiger charge is -2.33. The van der Waals surface area contributed by atoms with Crippen LogP contribution in [0.4, 0.5) is 11.4 Å². The quantitative estimate of drug-likeness (QED) is 0.208. The van der Waals surface area contributed by atoms with Gasteiger partial charge in [-0.05, 0) is 76.6 Å². The highest BCUT2D eigenvalue weighted by Gasteiger charge is 2.35. The van der Waals surface area contributed by atoms with Crippen LogP contribution in [-0.4, -0.2) is 62.4 Å². The summed E-state index contributed by atoms with van der Waals surface area (Å²) in [4.78, 5) is 39.3. The number of carbonyl (C=O) groups excluding carboxylic acids is 2. The van der Waals surface area contributed by atoms with E-state index in [9.17, 15) is 28.1 Å². The molecule has 0 spiro atoms. The maximum absolute atomic E-state index is 14.2. The number of anilines is 1. The van der Waals surface area contributed by atoms with Gasteiger partial charge in [-0.25, -0.2) is 8.42 Å². The molecular formula is C31H37ClN4O8S. The second-order valence-electron chi connectivity index (χ2n) is 11.3. The minimum absolute atomic E-state index is 0.0435. The van der Waals surface area contributed by atoms with Crippen LogP contribution in [0.5, 0.6) is 11.5 Å². The van der Waals surface area contributed by atoms with Crippen LogP contribution < -0.4 is 19.1 Å². The van der Waals surface area contributed by atoms with Crippen LogP contribution >= 0.6 is 11.6 Å². The topological polar surface area (TPSA) is 148 Å². The molecule has 0 saturated heterocycles. The van der Waals surface area contributed by atoms with Gasteiger partial charge in [0.05, 0.1) is 29.7 Å². The number of methoxy groups -OCH3 is 2. The number of benzene rings is 3. The normalized spacial score (nSPS) is 12.2. The van der Waals surface area contributed by atoms with Crippen molar-refractivity contribution in [2.24, 2.45) is 0 Å². The molecule has 0 saturated carbocycles. The van der Waals surface area contributed by atoms with E-state index in [1.165, 1.54) is 56.4 Å². The number of aryl methyl sites for hydroxylation is 1. The van der Waals surface area contributed by atoms with Gasteiger partial charge in [0.25, 0.3) is 15.7 Å². The van der Waals surface area contributed by atoms with Crippen molar-refractivity contribution in [2.75, 3.05) is 25.1 Å². The highest BCUT2D eigenvalue weighted by molar-refractivity contribution is 7.92. The van der Waals surface area contributed by atoms with Crippen LogP contribution in [0.25, 0.3) is 0 Å². The summed E-state index contributed by atoms with van der Waals surface area (Å²) >= 11 is 6.26. The van der Waals surface area contributed by atoms with Gasteiger partial charge in [0.1, 0.15) is 24.1 Å². The van der Waals surface area contributed by atoms with Crippen molar-refractivity contribution in [3.8, 4) is 11.5 Å². The molecule has 14 heteroatoms. The average Bonchev–Trinajstić information content (AvgIpc) is 2.97. The van der Waals surface area contributed by atoms with Gasteiger partial charge >= 0.3 is 0 Å². The fraction of sp³-hybridized carbons (Fsp3) is 0.355. The molecule has 1 atom stereocenters. The fourth-order valence-corrected chi connectivity index (χ4v) is 6.03. The number of ether oxygens (including phenoxy) is 2. The Bertz CT molecular complexity index is 1670. The molecule has 242 valence electrons. The smallest absolute Gasteiger partial charge is 0.273 e. The molecule has 3 rings (SSSR count). The van der Waals surface area contributed by atoms with E-state index < -0.39 is 55.5 Å². The van der Waals surface area contributed by atoms with E-state index in [1.807, 2.05) is 0 Å². The largest absolute Gasteiger partial charge is 0.497 e. The summed E-state index contributed by atoms with van der Waals surface area (Å²) in [6.07, 6.45) is 0. The van der Waals surface area contributed by atoms with Crippen molar-refractivity contribution in [3.63, 3.8) is 0 Å². The molecule has 0 aliphatic heterocycles. The minimum Gasteiger partial charge on any atom is -0.497 e. The van der Waals surface area contributed by atoms with E-state index in [0.29, 0.717) is 11.3 Å². The van der Waals surface area contributed by atoms with Crippen LogP contribution in [0.15, 0.2) is 65.6 Å². The molecule has 0 heterocycles. The maximum atomic E-state index is 14.2. The minimum atomic E-state index is -4.64. The number of sulfonamides is 1. The number of nitrogens with zero attached hydrogens (tertiary/aromatic N) is 3. The van der Waals surface area contributed by atoms with Crippen LogP contribution in [0, 0.1) is 17.0 Å². The third-order valence-corrected chi connectivity index (χ3v) is 8.82. The first kappa shape index (κ1) is 35.1. The predicted octanol–water partition coefficient (Wildman–Crippen LogP) is 5.10. The molecule has 0 aliphatic rings. The lowest BCUT2D eigenvalue weighted by atomic mass is 10.1. The van der Waals surface area contributed by atoms with Gasteiger partial charge in [0.2, 0.25) is 11.8 Å². The van der Waals surface area contributed by atoms with Gasteiger partial charge < -0.3 is 19.7 Å². The number of nitrogens with one attached hydrogen (secondary N) is 1. The number of carbonyl (C=O) groups is 2. The Morgan fingerprint density at radius 1 is 1.02 bits per heavy atom. The first-order valence-electron chi connectivity index (χ1n) is 13.8. The number of hydrogen-bond donors (Lipinski definition) is 1. The van der Waals surface area contributed by atoms with Crippen molar-refractivity contribution in [3.05, 3.63) is 86.9 Å². The molecule has 0 unspecified atom stereocenters. The molecular weight excluding hydrogens is 624 g/mol. The number of amides is 2. The average molecular weight is 661 g/mol. The number of nitro groups is 1. The lowest BCUT2D eigenvalue weighted by molar-refractivity contribution is -0.385. The zero-order chi connectivity index (χ0) is 33.7. The molecule has 1 N–H and O–H groups in total. The SMILES string of the molecule is COc1ccc(CN(C(=O)CN(c2cc(Cl)ccc2OC)S(=O)(=O)c2ccc(C)c([N+](=O)[O-])c2)[C@H](C)C(=O)NC(C)(C)C)cc1. The molecule has 3 aromatic rings. The summed E-state index contributed by atoms with van der Waals surface area (Å²) in [7, 11) is -1.79. The first-order chi connectivity index (χ1) is 21.0. The maximum Gasteiger partial charge on any atom is 0.273 e. The zero-order valence-electron chi connectivity index (χ0n) is 26.2. The lowest BCUT2D eigenvalue weighted by Crippen LogP contribution is -2.54. The number of hydrogen-bond acceptors (Lipinski definition) is 8. The van der Waals surface area contributed by atoms with E-state index in [4.69, 9.17) is 21.1 Å². The van der Waals surface area contributed by atoms with E-state index in [0.717, 1.165) is 10.4 Å². The summed E-state index contributed by atoms with van der Waals surface area (Å²) in [5.74, 6) is -0.506. The molecule has 12 nitrogen and oxygen atoms in total. The van der Waals surface area contributed by atoms with E-state index in [-0.39, 0.29) is 28.6 Å². The van der Waals surface area contributed by atoms with Gasteiger partial charge in [-0.2, -0.15) is 0 Å². The zero-order valence-corrected chi connectivity index (χ0v) is 27.7. The van der Waals surface area contributed by atoms with E-state index in [1.54, 1.807) is 52.0 Å². The Morgan fingerprint density at radius 2 is 1.67 bits per heavy atom. The Labute approximate surface area is 268 Å². The summed E-state index contributed by atoms with van der Waals surface area (Å²) in [5.41, 5.74) is -0.175. The van der Waals surface area contributed by atoms with Crippen molar-refractivity contribution in [2.45, 2.75) is 57.6 Å². The van der Waals surface area contributed by atoms with Crippen LogP contribution in [-0.2, 0) is 26.2 Å². The highest BCUT2D eigenvalue weighted by Crippen LogP contribution is 2.36. The molecule has 45 heavy (non-hydrogen) atoms. The van der Waals surface area contributed by atoms with Crippen LogP contribution in [0.3, 0.4) is 0 Å². The number of nitro benzene ring substituents is 1. The van der Waals surface area contributed by atoms with Gasteiger partial charge in [0, 0.05) is 28.7 Å². The second kappa shape index (κ2) is 14.2. The monoisotopic (exact) mass is 660 g/mol. The summed E-state index contributed by atoms with van der Waals surface area (Å²) in [5, 5.41) is 14.7. The molecule has 0 aliphatic carbocycles. The molecule has 0 aromatic heterocycles. The van der Waals surface area contributed by atoms with Crippen LogP contribution in [0.1, 0.15) is 38.8 Å². The van der Waals surface area contributed by atoms with Crippen LogP contribution in [0.2, 0.25) is 5.02 Å². The van der Waals surface area contributed by atoms with Gasteiger partial charge in [-0.15, -0.1) is 0 Å². The van der Waals surface area contributed by atoms with E-state index in [2.05, 4.69) is 5.32 Å². The summed E-state index contributed by atoms with van der Waals surface area (Å²) in [6, 6.07) is 13.6. The van der Waals surface area contributed by atoms with Crippen molar-refractivity contribution < 1.29 is 32.4 Å². The Kier molecular flexibility index (Phi) is 11.1. The Balaban J connectivity index is 2.16. The molecule has 0 fully saturated rings. The third-order valence-electron chi connectivity index (χ3n) is 6.83. The molecule has 0 bridgehead atoms. The number of rotatable bonds is 12. The van der Waals surface area contributed by atoms with E-state index >= 15 is 0 Å². The summed E-state index contributed by atoms with van der Waals surface area (Å²) in [6.45, 7) is 7.60. The summed E-state index contributed by atoms with van der Waals surface area (Å²) < 4.78 is 39.9. The van der Waals surface area contributed by atoms with Gasteiger partial charge in [0.15, 0.2) is 0 Å². The predicted molar refractivity (Wildman–Crippen MR) is 171 cm³/mol. The van der Waals surface area contributed by atoms with Crippen molar-refractivity contribution in [1.29, 1.82) is 0 Å². The van der Waals surface area contributed by atoms with Crippen molar-refractivity contribution >= 4 is 44.8 Å². The number of halogens is 1. The van der Waals surface area contributed by atoms with Gasteiger partial charge in [-0.3, -0.25) is 24.0 Å². The Morgan fingerprint density at radius 3 is 2.22 bits per heavy atom. The van der Waals surface area contributed by atoms with Gasteiger partial charge in [-0.1, -0.05) is 29.8 Å². The third kappa shape index (κ3) is 8.64. The first-order valence-corrected chi connectivity index (χ1v) is 15.7. The fourth-order valence-electron chi connectivity index (χ4n) is 4.43.